The van der Waals surface area contributed by atoms with Crippen LogP contribution in [0.5, 0.6) is 0 Å². The van der Waals surface area contributed by atoms with Crippen molar-refractivity contribution in [2.75, 3.05) is 42.6 Å². The predicted molar refractivity (Wildman–Crippen MR) is 134 cm³/mol. The number of hydrogen-bond acceptors (Lipinski definition) is 7. The molecule has 0 aliphatic carbocycles. The van der Waals surface area contributed by atoms with Gasteiger partial charge in [-0.2, -0.15) is 10.2 Å². The van der Waals surface area contributed by atoms with Gasteiger partial charge in [-0.15, -0.1) is 0 Å². The average Bonchev–Trinajstić information content (AvgIpc) is 3.33. The van der Waals surface area contributed by atoms with Gasteiger partial charge in [-0.3, -0.25) is 9.36 Å². The smallest absolute Gasteiger partial charge is 0.159 e. The highest BCUT2D eigenvalue weighted by Crippen LogP contribution is 2.32. The number of pyridine rings is 1. The summed E-state index contributed by atoms with van der Waals surface area (Å²) in [5, 5.41) is 10.4. The van der Waals surface area contributed by atoms with Crippen LogP contribution >= 0.6 is 0 Å². The summed E-state index contributed by atoms with van der Waals surface area (Å²) in [6, 6.07) is 2.17. The number of sulfone groups is 1. The molecular weight excluding hydrogens is 450 g/mol. The van der Waals surface area contributed by atoms with Crippen molar-refractivity contribution in [3.05, 3.63) is 34.9 Å². The molecule has 1 fully saturated rings. The van der Waals surface area contributed by atoms with Gasteiger partial charge in [0.2, 0.25) is 0 Å². The Kier molecular flexibility index (Phi) is 6.37. The predicted octanol–water partition coefficient (Wildman–Crippen LogP) is 2.25. The second kappa shape index (κ2) is 9.30. The van der Waals surface area contributed by atoms with Gasteiger partial charge in [-0.05, 0) is 39.3 Å². The molecule has 9 nitrogen and oxygen atoms in total. The Bertz CT molecular complexity index is 1280. The van der Waals surface area contributed by atoms with Gasteiger partial charge < -0.3 is 9.80 Å². The minimum Gasteiger partial charge on any atom is -0.366 e. The van der Waals surface area contributed by atoms with Crippen molar-refractivity contribution in [1.29, 1.82) is 0 Å². The van der Waals surface area contributed by atoms with E-state index < -0.39 is 9.84 Å². The van der Waals surface area contributed by atoms with Crippen LogP contribution in [0.4, 0.5) is 5.69 Å². The third kappa shape index (κ3) is 4.70. The fourth-order valence-electron chi connectivity index (χ4n) is 5.28. The van der Waals surface area contributed by atoms with Gasteiger partial charge in [0.15, 0.2) is 15.5 Å². The van der Waals surface area contributed by atoms with Crippen LogP contribution in [0.15, 0.2) is 12.3 Å². The average molecular weight is 486 g/mol. The fraction of sp³-hybridized carbons (Fsp3) is 0.625. The van der Waals surface area contributed by atoms with Crippen molar-refractivity contribution in [3.63, 3.8) is 0 Å². The molecule has 34 heavy (non-hydrogen) atoms. The van der Waals surface area contributed by atoms with Gasteiger partial charge in [-0.25, -0.2) is 13.4 Å². The molecule has 184 valence electrons. The first-order valence-electron chi connectivity index (χ1n) is 12.3. The van der Waals surface area contributed by atoms with Crippen molar-refractivity contribution in [3.8, 4) is 0 Å². The van der Waals surface area contributed by atoms with Crippen molar-refractivity contribution < 1.29 is 8.42 Å². The van der Waals surface area contributed by atoms with Gasteiger partial charge in [0.05, 0.1) is 34.5 Å². The second-order valence-corrected chi connectivity index (χ2v) is 12.1. The Hall–Kier alpha value is -2.46. The molecule has 0 atom stereocenters. The molecule has 0 unspecified atom stereocenters. The van der Waals surface area contributed by atoms with Crippen LogP contribution < -0.4 is 4.90 Å². The number of fused-ring (bicyclic) bond motifs is 2. The monoisotopic (exact) mass is 485 g/mol. The van der Waals surface area contributed by atoms with Crippen molar-refractivity contribution in [1.82, 2.24) is 29.4 Å². The highest BCUT2D eigenvalue weighted by Gasteiger charge is 2.25. The molecule has 0 aromatic carbocycles. The van der Waals surface area contributed by atoms with E-state index in [0.717, 1.165) is 74.3 Å². The zero-order valence-electron chi connectivity index (χ0n) is 20.5. The van der Waals surface area contributed by atoms with Crippen molar-refractivity contribution in [2.45, 2.75) is 52.6 Å². The van der Waals surface area contributed by atoms with Crippen LogP contribution in [-0.4, -0.2) is 75.5 Å². The van der Waals surface area contributed by atoms with E-state index in [-0.39, 0.29) is 0 Å². The zero-order valence-corrected chi connectivity index (χ0v) is 21.3. The van der Waals surface area contributed by atoms with E-state index in [2.05, 4.69) is 37.6 Å². The molecule has 0 N–H and O–H groups in total. The van der Waals surface area contributed by atoms with E-state index in [1.54, 1.807) is 0 Å². The topological polar surface area (TPSA) is 89.2 Å². The molecular formula is C24H35N7O2S. The molecule has 0 radical (unpaired) electrons. The maximum Gasteiger partial charge on any atom is 0.159 e. The van der Waals surface area contributed by atoms with E-state index >= 15 is 0 Å². The van der Waals surface area contributed by atoms with Gasteiger partial charge in [-0.1, -0.05) is 6.42 Å². The summed E-state index contributed by atoms with van der Waals surface area (Å²) >= 11 is 0. The number of hydrogen-bond donors (Lipinski definition) is 0. The highest BCUT2D eigenvalue weighted by atomic mass is 32.2. The Morgan fingerprint density at radius 2 is 1.79 bits per heavy atom. The molecule has 3 aromatic heterocycles. The minimum atomic E-state index is -2.79. The van der Waals surface area contributed by atoms with E-state index in [4.69, 9.17) is 5.10 Å². The Morgan fingerprint density at radius 3 is 2.59 bits per heavy atom. The highest BCUT2D eigenvalue weighted by molar-refractivity contribution is 7.91. The van der Waals surface area contributed by atoms with Gasteiger partial charge in [0, 0.05) is 63.1 Å². The standard InChI is InChI=1S/C24H35N7O2S/c1-18-15-23(20-16-25-28(3)24(20)26-18)30-10-7-22-21(17-30)19(2)27-31(22)9-6-4-5-8-29-11-13-34(32,33)14-12-29/h15-16H,4-14,17H2,1-3H3. The second-order valence-electron chi connectivity index (χ2n) is 9.75. The molecule has 2 aliphatic heterocycles. The largest absolute Gasteiger partial charge is 0.366 e. The van der Waals surface area contributed by atoms with E-state index in [9.17, 15) is 8.42 Å². The normalized spacial score (nSPS) is 18.5. The lowest BCUT2D eigenvalue weighted by Gasteiger charge is -2.30. The van der Waals surface area contributed by atoms with Gasteiger partial charge in [0.1, 0.15) is 0 Å². The summed E-state index contributed by atoms with van der Waals surface area (Å²) in [5.41, 5.74) is 7.01. The molecule has 0 amide bonds. The van der Waals surface area contributed by atoms with E-state index in [1.807, 2.05) is 24.9 Å². The van der Waals surface area contributed by atoms with Crippen LogP contribution in [0.25, 0.3) is 11.0 Å². The molecule has 0 bridgehead atoms. The van der Waals surface area contributed by atoms with E-state index in [0.29, 0.717) is 24.6 Å². The van der Waals surface area contributed by atoms with E-state index in [1.165, 1.54) is 16.9 Å². The summed E-state index contributed by atoms with van der Waals surface area (Å²) < 4.78 is 27.2. The Labute approximate surface area is 201 Å². The zero-order chi connectivity index (χ0) is 23.9. The molecule has 2 aliphatic rings. The number of nitrogens with zero attached hydrogens (tertiary/aromatic N) is 7. The molecule has 0 saturated carbocycles. The summed E-state index contributed by atoms with van der Waals surface area (Å²) in [4.78, 5) is 9.40. The fourth-order valence-corrected chi connectivity index (χ4v) is 6.56. The molecule has 10 heteroatoms. The third-order valence-electron chi connectivity index (χ3n) is 7.27. The summed E-state index contributed by atoms with van der Waals surface area (Å²) in [6.45, 7) is 9.32. The number of aryl methyl sites for hydroxylation is 4. The number of aromatic nitrogens is 5. The van der Waals surface area contributed by atoms with Crippen LogP contribution in [0, 0.1) is 13.8 Å². The van der Waals surface area contributed by atoms with Crippen molar-refractivity contribution in [2.24, 2.45) is 7.05 Å². The van der Waals surface area contributed by atoms with Crippen LogP contribution in [0.1, 0.15) is 41.9 Å². The molecule has 5 rings (SSSR count). The lowest BCUT2D eigenvalue weighted by molar-refractivity contribution is 0.287. The third-order valence-corrected chi connectivity index (χ3v) is 8.88. The molecule has 0 spiro atoms. The SMILES string of the molecule is Cc1cc(N2CCc3c(c(C)nn3CCCCCN3CCS(=O)(=O)CC3)C2)c2cnn(C)c2n1. The summed E-state index contributed by atoms with van der Waals surface area (Å²) in [7, 11) is -0.849. The van der Waals surface area contributed by atoms with Crippen LogP contribution in [0.2, 0.25) is 0 Å². The molecule has 3 aromatic rings. The minimum absolute atomic E-state index is 0.314. The lowest BCUT2D eigenvalue weighted by Crippen LogP contribution is -2.40. The van der Waals surface area contributed by atoms with Gasteiger partial charge in [0.25, 0.3) is 0 Å². The maximum absolute atomic E-state index is 11.6. The summed E-state index contributed by atoms with van der Waals surface area (Å²) in [5.74, 6) is 0.627. The van der Waals surface area contributed by atoms with Gasteiger partial charge >= 0.3 is 0 Å². The Balaban J connectivity index is 1.19. The first kappa shape index (κ1) is 23.3. The molecule has 1 saturated heterocycles. The van der Waals surface area contributed by atoms with Crippen LogP contribution in [0.3, 0.4) is 0 Å². The van der Waals surface area contributed by atoms with Crippen molar-refractivity contribution >= 4 is 26.6 Å². The molecule has 5 heterocycles. The first-order chi connectivity index (χ1) is 16.3. The number of unbranched alkanes of at least 4 members (excludes halogenated alkanes) is 2. The first-order valence-corrected chi connectivity index (χ1v) is 14.1. The number of anilines is 1. The lowest BCUT2D eigenvalue weighted by atomic mass is 10.0. The quantitative estimate of drug-likeness (QED) is 0.474. The number of rotatable bonds is 7. The van der Waals surface area contributed by atoms with Crippen LogP contribution in [-0.2, 0) is 36.4 Å². The summed E-state index contributed by atoms with van der Waals surface area (Å²) in [6.07, 6.45) is 6.26. The maximum atomic E-state index is 11.6. The Morgan fingerprint density at radius 1 is 1.03 bits per heavy atom.